The van der Waals surface area contributed by atoms with E-state index in [2.05, 4.69) is 0 Å². The minimum absolute atomic E-state index is 0.0202. The van der Waals surface area contributed by atoms with Crippen molar-refractivity contribution in [1.82, 2.24) is 0 Å². The Balaban J connectivity index is 1.38. The molecule has 0 unspecified atom stereocenters. The maximum Gasteiger partial charge on any atom is 0.129 e. The van der Waals surface area contributed by atoms with E-state index < -0.39 is 6.10 Å². The lowest BCUT2D eigenvalue weighted by Gasteiger charge is -2.34. The molecule has 2 N–H and O–H groups in total. The molecule has 0 radical (unpaired) electrons. The van der Waals surface area contributed by atoms with Gasteiger partial charge in [-0.15, -0.1) is 0 Å². The lowest BCUT2D eigenvalue weighted by Crippen LogP contribution is -2.33. The highest BCUT2D eigenvalue weighted by atomic mass is 35.5. The van der Waals surface area contributed by atoms with E-state index in [1.165, 1.54) is 0 Å². The molecule has 0 spiro atoms. The Morgan fingerprint density at radius 1 is 1.26 bits per heavy atom. The summed E-state index contributed by atoms with van der Waals surface area (Å²) in [5.41, 5.74) is 1.94. The van der Waals surface area contributed by atoms with Gasteiger partial charge in [-0.25, -0.2) is 0 Å². The first-order chi connectivity index (χ1) is 13.0. The molecule has 2 aromatic rings. The average molecular weight is 393 g/mol. The Morgan fingerprint density at radius 2 is 2.11 bits per heavy atom. The van der Waals surface area contributed by atoms with Crippen molar-refractivity contribution < 1.29 is 24.1 Å². The number of furan rings is 1. The van der Waals surface area contributed by atoms with Crippen LogP contribution in [0.15, 0.2) is 34.9 Å². The molecule has 1 saturated carbocycles. The molecule has 27 heavy (non-hydrogen) atoms. The predicted octanol–water partition coefficient (Wildman–Crippen LogP) is 4.03. The average Bonchev–Trinajstić information content (AvgIpc) is 3.26. The lowest BCUT2D eigenvalue weighted by molar-refractivity contribution is -0.0813. The van der Waals surface area contributed by atoms with E-state index >= 15 is 0 Å². The van der Waals surface area contributed by atoms with Crippen LogP contribution in [-0.4, -0.2) is 29.0 Å². The molecule has 4 rings (SSSR count). The van der Waals surface area contributed by atoms with Crippen LogP contribution in [-0.2, 0) is 11.3 Å². The highest BCUT2D eigenvalue weighted by Gasteiger charge is 2.47. The minimum Gasteiger partial charge on any atom is -0.493 e. The maximum atomic E-state index is 10.6. The fourth-order valence-corrected chi connectivity index (χ4v) is 4.47. The first kappa shape index (κ1) is 18.8. The minimum atomic E-state index is -0.426. The topological polar surface area (TPSA) is 72.1 Å². The van der Waals surface area contributed by atoms with Crippen LogP contribution in [0, 0.1) is 18.8 Å². The van der Waals surface area contributed by atoms with Crippen LogP contribution in [0.25, 0.3) is 0 Å². The van der Waals surface area contributed by atoms with E-state index in [9.17, 15) is 5.11 Å². The van der Waals surface area contributed by atoms with E-state index in [4.69, 9.17) is 30.6 Å². The Morgan fingerprint density at radius 3 is 2.85 bits per heavy atom. The molecule has 1 aromatic carbocycles. The normalized spacial score (nSPS) is 30.3. The largest absolute Gasteiger partial charge is 0.493 e. The molecule has 0 bridgehead atoms. The SMILES string of the molecule is Cc1cc(OC[C@@H]2[C@H]3CC[C@H](c4coc(CO)c4)O[C@H]3C[C@@H]2O)ccc1Cl. The van der Waals surface area contributed by atoms with Crippen LogP contribution in [0.1, 0.15) is 42.3 Å². The van der Waals surface area contributed by atoms with Gasteiger partial charge in [-0.05, 0) is 55.5 Å². The van der Waals surface area contributed by atoms with Gasteiger partial charge in [-0.2, -0.15) is 0 Å². The van der Waals surface area contributed by atoms with Crippen LogP contribution >= 0.6 is 11.6 Å². The van der Waals surface area contributed by atoms with Gasteiger partial charge < -0.3 is 24.1 Å². The van der Waals surface area contributed by atoms with Gasteiger partial charge in [0.25, 0.3) is 0 Å². The van der Waals surface area contributed by atoms with Crippen LogP contribution in [0.2, 0.25) is 5.02 Å². The summed E-state index contributed by atoms with van der Waals surface area (Å²) in [7, 11) is 0. The molecule has 2 heterocycles. The molecule has 2 aliphatic rings. The number of ether oxygens (including phenoxy) is 2. The Bertz CT molecular complexity index is 789. The molecule has 2 fully saturated rings. The summed E-state index contributed by atoms with van der Waals surface area (Å²) in [6.07, 6.45) is 3.68. The van der Waals surface area contributed by atoms with Gasteiger partial charge in [0.2, 0.25) is 0 Å². The van der Waals surface area contributed by atoms with Crippen LogP contribution < -0.4 is 4.74 Å². The zero-order valence-corrected chi connectivity index (χ0v) is 16.1. The number of halogens is 1. The number of benzene rings is 1. The molecule has 1 saturated heterocycles. The Labute approximate surface area is 163 Å². The second kappa shape index (κ2) is 7.84. The van der Waals surface area contributed by atoms with Crippen molar-refractivity contribution in [3.63, 3.8) is 0 Å². The summed E-state index contributed by atoms with van der Waals surface area (Å²) in [6.45, 7) is 2.31. The van der Waals surface area contributed by atoms with Crippen LogP contribution in [0.5, 0.6) is 5.75 Å². The Hall–Kier alpha value is -1.53. The monoisotopic (exact) mass is 392 g/mol. The fourth-order valence-electron chi connectivity index (χ4n) is 4.36. The molecule has 146 valence electrons. The quantitative estimate of drug-likeness (QED) is 0.803. The van der Waals surface area contributed by atoms with Gasteiger partial charge in [0.15, 0.2) is 0 Å². The predicted molar refractivity (Wildman–Crippen MR) is 101 cm³/mol. The molecule has 5 nitrogen and oxygen atoms in total. The van der Waals surface area contributed by atoms with Gasteiger partial charge >= 0.3 is 0 Å². The molecule has 1 aliphatic heterocycles. The summed E-state index contributed by atoms with van der Waals surface area (Å²) >= 11 is 6.06. The second-order valence-corrected chi connectivity index (χ2v) is 8.00. The van der Waals surface area contributed by atoms with Crippen molar-refractivity contribution in [3.05, 3.63) is 52.4 Å². The number of hydrogen-bond acceptors (Lipinski definition) is 5. The van der Waals surface area contributed by atoms with Gasteiger partial charge in [0.1, 0.15) is 18.1 Å². The molecular formula is C21H25ClO5. The van der Waals surface area contributed by atoms with Gasteiger partial charge in [0.05, 0.1) is 31.2 Å². The molecular weight excluding hydrogens is 368 g/mol. The third-order valence-corrected chi connectivity index (χ3v) is 6.29. The summed E-state index contributed by atoms with van der Waals surface area (Å²) in [5, 5.41) is 20.4. The smallest absolute Gasteiger partial charge is 0.129 e. The van der Waals surface area contributed by atoms with E-state index in [1.807, 2.05) is 31.2 Å². The molecule has 1 aromatic heterocycles. The number of hydrogen-bond donors (Lipinski definition) is 2. The zero-order chi connectivity index (χ0) is 19.0. The lowest BCUT2D eigenvalue weighted by atomic mass is 9.86. The summed E-state index contributed by atoms with van der Waals surface area (Å²) in [6, 6.07) is 7.46. The molecule has 1 aliphatic carbocycles. The van der Waals surface area contributed by atoms with Gasteiger partial charge in [0, 0.05) is 22.9 Å². The van der Waals surface area contributed by atoms with E-state index in [1.54, 1.807) is 6.26 Å². The third kappa shape index (κ3) is 3.87. The van der Waals surface area contributed by atoms with Crippen molar-refractivity contribution in [3.8, 4) is 5.75 Å². The summed E-state index contributed by atoms with van der Waals surface area (Å²) in [4.78, 5) is 0. The van der Waals surface area contributed by atoms with E-state index in [0.29, 0.717) is 18.8 Å². The molecule has 5 atom stereocenters. The first-order valence-corrected chi connectivity index (χ1v) is 9.83. The number of aryl methyl sites for hydroxylation is 1. The first-order valence-electron chi connectivity index (χ1n) is 9.45. The fraction of sp³-hybridized carbons (Fsp3) is 0.524. The summed E-state index contributed by atoms with van der Waals surface area (Å²) in [5.74, 6) is 1.67. The van der Waals surface area contributed by atoms with Crippen molar-refractivity contribution in [2.75, 3.05) is 6.61 Å². The number of rotatable bonds is 5. The van der Waals surface area contributed by atoms with Crippen molar-refractivity contribution in [1.29, 1.82) is 0 Å². The Kier molecular flexibility index (Phi) is 5.46. The van der Waals surface area contributed by atoms with Gasteiger partial charge in [-0.1, -0.05) is 11.6 Å². The summed E-state index contributed by atoms with van der Waals surface area (Å²) < 4.78 is 17.5. The van der Waals surface area contributed by atoms with Crippen molar-refractivity contribution >= 4 is 11.6 Å². The maximum absolute atomic E-state index is 10.6. The second-order valence-electron chi connectivity index (χ2n) is 7.60. The molecule has 6 heteroatoms. The number of fused-ring (bicyclic) bond motifs is 1. The highest BCUT2D eigenvalue weighted by Crippen LogP contribution is 2.46. The van der Waals surface area contributed by atoms with Gasteiger partial charge in [-0.3, -0.25) is 0 Å². The van der Waals surface area contributed by atoms with Crippen LogP contribution in [0.3, 0.4) is 0 Å². The zero-order valence-electron chi connectivity index (χ0n) is 15.3. The van der Waals surface area contributed by atoms with Crippen LogP contribution in [0.4, 0.5) is 0 Å². The molecule has 0 amide bonds. The third-order valence-electron chi connectivity index (χ3n) is 5.87. The van der Waals surface area contributed by atoms with Crippen molar-refractivity contribution in [2.24, 2.45) is 11.8 Å². The number of aliphatic hydroxyl groups excluding tert-OH is 2. The van der Waals surface area contributed by atoms with E-state index in [-0.39, 0.29) is 30.7 Å². The van der Waals surface area contributed by atoms with E-state index in [0.717, 1.165) is 34.7 Å². The van der Waals surface area contributed by atoms with Crippen molar-refractivity contribution in [2.45, 2.75) is 51.1 Å². The highest BCUT2D eigenvalue weighted by molar-refractivity contribution is 6.31. The number of aliphatic hydroxyl groups is 2. The standard InChI is InChI=1S/C21H25ClO5/c1-12-6-14(2-4-18(12)22)26-11-17-16-3-5-20(27-21(16)8-19(17)24)13-7-15(9-23)25-10-13/h2,4,6-7,10,16-17,19-21,23-24H,3,5,8-9,11H2,1H3/t16-,17-,19+,20-,21+/m1/s1.